The Balaban J connectivity index is 2.01. The summed E-state index contributed by atoms with van der Waals surface area (Å²) in [5.41, 5.74) is -3.48. The van der Waals surface area contributed by atoms with Crippen LogP contribution in [0.15, 0.2) is 18.2 Å². The smallest absolute Gasteiger partial charge is 0.202 e. The lowest BCUT2D eigenvalue weighted by Gasteiger charge is -2.36. The lowest BCUT2D eigenvalue weighted by molar-refractivity contribution is -0.139. The monoisotopic (exact) mass is 432 g/mol. The zero-order chi connectivity index (χ0) is 22.0. The zero-order valence-electron chi connectivity index (χ0n) is 15.7. The van der Waals surface area contributed by atoms with Gasteiger partial charge in [0.15, 0.2) is 11.6 Å². The fourth-order valence-electron chi connectivity index (χ4n) is 4.28. The Hall–Kier alpha value is -2.94. The van der Waals surface area contributed by atoms with Crippen molar-refractivity contribution in [2.75, 3.05) is 13.0 Å². The van der Waals surface area contributed by atoms with E-state index < -0.39 is 70.4 Å². The summed E-state index contributed by atoms with van der Waals surface area (Å²) in [6.07, 6.45) is -2.55. The standard InChI is InChI=1S/C21H17ClO8/c1-30-11-4-2-3-8-14(11)20(28)16-15(17(8)25)18(26)9-5-21(29,12(24)7-22)6-10(23)13(9)19(16)27/h2-4,10,23,26-27,29H,5-7H2,1H3/t10-,21-/m0/s1. The number of fused-ring (bicyclic) bond motifs is 3. The Morgan fingerprint density at radius 3 is 2.47 bits per heavy atom. The molecule has 0 radical (unpaired) electrons. The minimum Gasteiger partial charge on any atom is -0.507 e. The van der Waals surface area contributed by atoms with Crippen LogP contribution in [-0.4, -0.2) is 56.4 Å². The number of carbonyl (C=O) groups is 3. The van der Waals surface area contributed by atoms with Crippen molar-refractivity contribution in [3.05, 3.63) is 51.6 Å². The number of hydrogen-bond acceptors (Lipinski definition) is 8. The Morgan fingerprint density at radius 2 is 1.83 bits per heavy atom. The Morgan fingerprint density at radius 1 is 1.17 bits per heavy atom. The van der Waals surface area contributed by atoms with Crippen LogP contribution in [0.4, 0.5) is 0 Å². The first-order chi connectivity index (χ1) is 14.2. The van der Waals surface area contributed by atoms with Crippen LogP contribution in [0, 0.1) is 0 Å². The van der Waals surface area contributed by atoms with Gasteiger partial charge in [0, 0.05) is 29.5 Å². The largest absolute Gasteiger partial charge is 0.507 e. The number of halogens is 1. The molecule has 0 heterocycles. The third kappa shape index (κ3) is 2.57. The Kier molecular flexibility index (Phi) is 4.61. The lowest BCUT2D eigenvalue weighted by atomic mass is 9.72. The van der Waals surface area contributed by atoms with Gasteiger partial charge in [-0.25, -0.2) is 0 Å². The molecule has 2 aromatic rings. The highest BCUT2D eigenvalue weighted by molar-refractivity contribution is 6.31. The Bertz CT molecular complexity index is 1140. The molecule has 2 aliphatic rings. The number of phenolic OH excluding ortho intramolecular Hbond substituents is 2. The maximum Gasteiger partial charge on any atom is 0.202 e. The number of alkyl halides is 1. The first-order valence-electron chi connectivity index (χ1n) is 9.03. The van der Waals surface area contributed by atoms with E-state index in [2.05, 4.69) is 0 Å². The van der Waals surface area contributed by atoms with Gasteiger partial charge in [-0.05, 0) is 6.07 Å². The number of aliphatic hydroxyl groups excluding tert-OH is 1. The molecule has 0 aliphatic heterocycles. The van der Waals surface area contributed by atoms with Gasteiger partial charge in [-0.15, -0.1) is 11.6 Å². The SMILES string of the molecule is COc1cccc2c1C(=O)c1c(O)c3c(c(O)c1C2=O)C[C@@](O)(C(=O)CCl)C[C@@H]3O. The minimum absolute atomic E-state index is 0.0232. The predicted molar refractivity (Wildman–Crippen MR) is 104 cm³/mol. The molecule has 2 atom stereocenters. The number of hydrogen-bond donors (Lipinski definition) is 4. The zero-order valence-corrected chi connectivity index (χ0v) is 16.5. The number of ether oxygens (including phenoxy) is 1. The van der Waals surface area contributed by atoms with Crippen LogP contribution in [0.3, 0.4) is 0 Å². The van der Waals surface area contributed by atoms with Crippen molar-refractivity contribution in [1.82, 2.24) is 0 Å². The van der Waals surface area contributed by atoms with Gasteiger partial charge in [0.2, 0.25) is 5.78 Å². The maximum absolute atomic E-state index is 13.2. The van der Waals surface area contributed by atoms with Crippen molar-refractivity contribution in [2.45, 2.75) is 24.5 Å². The van der Waals surface area contributed by atoms with Crippen LogP contribution < -0.4 is 4.74 Å². The van der Waals surface area contributed by atoms with Crippen LogP contribution in [0.5, 0.6) is 17.2 Å². The predicted octanol–water partition coefficient (Wildman–Crippen LogP) is 1.40. The fraction of sp³-hybridized carbons (Fsp3) is 0.286. The highest BCUT2D eigenvalue weighted by atomic mass is 35.5. The number of benzene rings is 2. The molecule has 0 amide bonds. The first kappa shape index (κ1) is 20.3. The number of rotatable bonds is 3. The molecule has 0 spiro atoms. The molecule has 2 aliphatic carbocycles. The van der Waals surface area contributed by atoms with Crippen LogP contribution in [0.2, 0.25) is 0 Å². The maximum atomic E-state index is 13.2. The van der Waals surface area contributed by atoms with Gasteiger partial charge in [-0.3, -0.25) is 14.4 Å². The van der Waals surface area contributed by atoms with Crippen molar-refractivity contribution in [1.29, 1.82) is 0 Å². The number of Topliss-reactive ketones (excluding diaryl/α,β-unsaturated/α-hetero) is 1. The number of aliphatic hydroxyl groups is 2. The van der Waals surface area contributed by atoms with E-state index in [-0.39, 0.29) is 28.0 Å². The third-order valence-electron chi connectivity index (χ3n) is 5.74. The number of aromatic hydroxyl groups is 2. The van der Waals surface area contributed by atoms with E-state index in [9.17, 15) is 34.8 Å². The summed E-state index contributed by atoms with van der Waals surface area (Å²) in [7, 11) is 1.32. The number of methoxy groups -OCH3 is 1. The van der Waals surface area contributed by atoms with Crippen molar-refractivity contribution in [3.8, 4) is 17.2 Å². The summed E-state index contributed by atoms with van der Waals surface area (Å²) in [6.45, 7) is 0. The van der Waals surface area contributed by atoms with Gasteiger partial charge in [0.05, 0.1) is 35.8 Å². The first-order valence-corrected chi connectivity index (χ1v) is 9.56. The quantitative estimate of drug-likeness (QED) is 0.359. The van der Waals surface area contributed by atoms with E-state index in [0.717, 1.165) is 0 Å². The molecule has 8 nitrogen and oxygen atoms in total. The summed E-state index contributed by atoms with van der Waals surface area (Å²) < 4.78 is 5.17. The fourth-order valence-corrected chi connectivity index (χ4v) is 4.53. The molecule has 0 fully saturated rings. The van der Waals surface area contributed by atoms with Crippen LogP contribution in [0.1, 0.15) is 55.5 Å². The summed E-state index contributed by atoms with van der Waals surface area (Å²) >= 11 is 5.55. The van der Waals surface area contributed by atoms with Crippen molar-refractivity contribution in [3.63, 3.8) is 0 Å². The number of phenols is 2. The normalized spacial score (nSPS) is 22.2. The van der Waals surface area contributed by atoms with Gasteiger partial charge in [-0.2, -0.15) is 0 Å². The second-order valence-electron chi connectivity index (χ2n) is 7.37. The second kappa shape index (κ2) is 6.80. The molecular formula is C21H17ClO8. The molecule has 156 valence electrons. The average Bonchev–Trinajstić information content (AvgIpc) is 2.72. The topological polar surface area (TPSA) is 141 Å². The molecule has 2 aromatic carbocycles. The summed E-state index contributed by atoms with van der Waals surface area (Å²) in [6, 6.07) is 4.38. The third-order valence-corrected chi connectivity index (χ3v) is 5.98. The lowest BCUT2D eigenvalue weighted by Crippen LogP contribution is -2.46. The molecule has 0 bridgehead atoms. The van der Waals surface area contributed by atoms with Crippen molar-refractivity contribution in [2.24, 2.45) is 0 Å². The van der Waals surface area contributed by atoms with E-state index in [0.29, 0.717) is 0 Å². The highest BCUT2D eigenvalue weighted by Gasteiger charge is 2.48. The summed E-state index contributed by atoms with van der Waals surface area (Å²) in [5, 5.41) is 42.9. The minimum atomic E-state index is -2.09. The van der Waals surface area contributed by atoms with Crippen LogP contribution >= 0.6 is 11.6 Å². The van der Waals surface area contributed by atoms with E-state index in [1.54, 1.807) is 0 Å². The molecule has 0 saturated carbocycles. The second-order valence-corrected chi connectivity index (χ2v) is 7.63. The molecule has 9 heteroatoms. The summed E-state index contributed by atoms with van der Waals surface area (Å²) in [4.78, 5) is 38.4. The molecule has 30 heavy (non-hydrogen) atoms. The van der Waals surface area contributed by atoms with E-state index in [4.69, 9.17) is 16.3 Å². The number of ketones is 3. The highest BCUT2D eigenvalue weighted by Crippen LogP contribution is 2.50. The summed E-state index contributed by atoms with van der Waals surface area (Å²) in [5.74, 6) is -4.02. The Labute approximate surface area is 175 Å². The molecule has 0 unspecified atom stereocenters. The molecule has 0 saturated heterocycles. The van der Waals surface area contributed by atoms with Gasteiger partial charge in [0.25, 0.3) is 0 Å². The van der Waals surface area contributed by atoms with E-state index in [1.807, 2.05) is 0 Å². The van der Waals surface area contributed by atoms with E-state index >= 15 is 0 Å². The molecule has 4 N–H and O–H groups in total. The molecule has 0 aromatic heterocycles. The van der Waals surface area contributed by atoms with Gasteiger partial charge >= 0.3 is 0 Å². The van der Waals surface area contributed by atoms with Crippen LogP contribution in [0.25, 0.3) is 0 Å². The van der Waals surface area contributed by atoms with Gasteiger partial charge < -0.3 is 25.2 Å². The average molecular weight is 433 g/mol. The van der Waals surface area contributed by atoms with Gasteiger partial charge in [-0.1, -0.05) is 12.1 Å². The molecule has 4 rings (SSSR count). The number of carbonyl (C=O) groups excluding carboxylic acids is 3. The molecular weight excluding hydrogens is 416 g/mol. The van der Waals surface area contributed by atoms with Crippen molar-refractivity contribution >= 4 is 29.0 Å². The van der Waals surface area contributed by atoms with Crippen molar-refractivity contribution < 1.29 is 39.5 Å². The van der Waals surface area contributed by atoms with Crippen LogP contribution in [-0.2, 0) is 11.2 Å². The van der Waals surface area contributed by atoms with Gasteiger partial charge in [0.1, 0.15) is 22.8 Å². The van der Waals surface area contributed by atoms with E-state index in [1.165, 1.54) is 25.3 Å².